The number of nitrogens with zero attached hydrogens (tertiary/aromatic N) is 2. The van der Waals surface area contributed by atoms with Gasteiger partial charge in [0.15, 0.2) is 0 Å². The lowest BCUT2D eigenvalue weighted by molar-refractivity contribution is 0.670. The Hall–Kier alpha value is -6.53. The van der Waals surface area contributed by atoms with E-state index in [1.54, 1.807) is 11.3 Å². The molecule has 0 unspecified atom stereocenters. The fourth-order valence-corrected chi connectivity index (χ4v) is 9.85. The number of fused-ring (bicyclic) bond motifs is 8. The van der Waals surface area contributed by atoms with Crippen molar-refractivity contribution in [1.29, 1.82) is 0 Å². The minimum Gasteiger partial charge on any atom is -0.455 e. The van der Waals surface area contributed by atoms with Crippen LogP contribution in [-0.2, 0) is 0 Å². The van der Waals surface area contributed by atoms with Crippen molar-refractivity contribution in [2.45, 2.75) is 0 Å². The Morgan fingerprint density at radius 3 is 1.83 bits per heavy atom. The predicted octanol–water partition coefficient (Wildman–Crippen LogP) is 15.0. The molecule has 0 aliphatic rings. The molecule has 0 saturated carbocycles. The molecule has 11 aromatic rings. The van der Waals surface area contributed by atoms with Crippen molar-refractivity contribution in [1.82, 2.24) is 4.98 Å². The number of hydrogen-bond acceptors (Lipinski definition) is 5. The van der Waals surface area contributed by atoms with Crippen LogP contribution in [0.5, 0.6) is 0 Å². The lowest BCUT2D eigenvalue weighted by Crippen LogP contribution is -2.09. The van der Waals surface area contributed by atoms with E-state index in [9.17, 15) is 0 Å². The normalized spacial score (nSPS) is 11.7. The number of benzene rings is 8. The SMILES string of the molecule is c1ccc(-c2ccc(N(c3ccc(-c4cccc5c4oc4ccccc45)cc3)c3ccc4c(c3)sc3ccc5sc(-c6ccccc6)nc5c34)cc2)cc1. The molecule has 8 aromatic carbocycles. The van der Waals surface area contributed by atoms with Crippen molar-refractivity contribution >= 4 is 92.1 Å². The first-order valence-corrected chi connectivity index (χ1v) is 19.7. The largest absolute Gasteiger partial charge is 0.455 e. The maximum absolute atomic E-state index is 6.41. The van der Waals surface area contributed by atoms with Gasteiger partial charge in [0.1, 0.15) is 16.2 Å². The molecule has 3 nitrogen and oxygen atoms in total. The molecular weight excluding hydrogens is 697 g/mol. The molecule has 0 bridgehead atoms. The average molecular weight is 727 g/mol. The van der Waals surface area contributed by atoms with Crippen LogP contribution in [0, 0.1) is 0 Å². The van der Waals surface area contributed by atoms with Crippen LogP contribution in [0.25, 0.3) is 85.2 Å². The molecule has 254 valence electrons. The van der Waals surface area contributed by atoms with Gasteiger partial charge in [-0.3, -0.25) is 0 Å². The maximum atomic E-state index is 6.41. The average Bonchev–Trinajstić information content (AvgIpc) is 3.95. The summed E-state index contributed by atoms with van der Waals surface area (Å²) in [7, 11) is 0. The van der Waals surface area contributed by atoms with Crippen LogP contribution in [0.1, 0.15) is 0 Å². The van der Waals surface area contributed by atoms with Crippen molar-refractivity contribution in [3.05, 3.63) is 182 Å². The van der Waals surface area contributed by atoms with Crippen LogP contribution >= 0.6 is 22.7 Å². The van der Waals surface area contributed by atoms with Gasteiger partial charge in [-0.25, -0.2) is 4.98 Å². The zero-order valence-electron chi connectivity index (χ0n) is 28.9. The maximum Gasteiger partial charge on any atom is 0.143 e. The summed E-state index contributed by atoms with van der Waals surface area (Å²) in [5.41, 5.74) is 11.9. The Morgan fingerprint density at radius 1 is 0.426 bits per heavy atom. The summed E-state index contributed by atoms with van der Waals surface area (Å²) < 4.78 is 10.1. The molecule has 0 N–H and O–H groups in total. The number of para-hydroxylation sites is 2. The molecule has 0 amide bonds. The summed E-state index contributed by atoms with van der Waals surface area (Å²) in [4.78, 5) is 7.55. The van der Waals surface area contributed by atoms with Crippen LogP contribution < -0.4 is 4.90 Å². The van der Waals surface area contributed by atoms with Crippen molar-refractivity contribution in [2.24, 2.45) is 0 Å². The molecule has 5 heteroatoms. The number of anilines is 3. The molecule has 3 heterocycles. The quantitative estimate of drug-likeness (QED) is 0.171. The Balaban J connectivity index is 1.03. The summed E-state index contributed by atoms with van der Waals surface area (Å²) in [6.45, 7) is 0. The Morgan fingerprint density at radius 2 is 1.06 bits per heavy atom. The first-order valence-electron chi connectivity index (χ1n) is 18.0. The lowest BCUT2D eigenvalue weighted by atomic mass is 10.0. The highest BCUT2D eigenvalue weighted by molar-refractivity contribution is 7.26. The molecular formula is C49H30N2OS2. The molecule has 0 spiro atoms. The third-order valence-electron chi connectivity index (χ3n) is 10.3. The molecule has 3 aromatic heterocycles. The zero-order chi connectivity index (χ0) is 35.6. The fourth-order valence-electron chi connectivity index (χ4n) is 7.73. The minimum absolute atomic E-state index is 0.908. The summed E-state index contributed by atoms with van der Waals surface area (Å²) in [6, 6.07) is 64.8. The lowest BCUT2D eigenvalue weighted by Gasteiger charge is -2.26. The van der Waals surface area contributed by atoms with E-state index in [0.717, 1.165) is 66.2 Å². The van der Waals surface area contributed by atoms with Crippen LogP contribution in [0.15, 0.2) is 186 Å². The van der Waals surface area contributed by atoms with Crippen molar-refractivity contribution in [3.8, 4) is 32.8 Å². The van der Waals surface area contributed by atoms with E-state index in [0.29, 0.717) is 0 Å². The van der Waals surface area contributed by atoms with E-state index in [-0.39, 0.29) is 0 Å². The highest BCUT2D eigenvalue weighted by Gasteiger charge is 2.19. The first-order chi connectivity index (χ1) is 26.7. The van der Waals surface area contributed by atoms with Gasteiger partial charge >= 0.3 is 0 Å². The van der Waals surface area contributed by atoms with Gasteiger partial charge in [0.05, 0.1) is 10.2 Å². The number of hydrogen-bond donors (Lipinski definition) is 0. The predicted molar refractivity (Wildman–Crippen MR) is 231 cm³/mol. The number of rotatable bonds is 6. The molecule has 0 atom stereocenters. The third-order valence-corrected chi connectivity index (χ3v) is 12.5. The molecule has 0 fully saturated rings. The van der Waals surface area contributed by atoms with Gasteiger partial charge < -0.3 is 9.32 Å². The van der Waals surface area contributed by atoms with Crippen molar-refractivity contribution in [2.75, 3.05) is 4.90 Å². The monoisotopic (exact) mass is 726 g/mol. The van der Waals surface area contributed by atoms with Crippen LogP contribution in [0.3, 0.4) is 0 Å². The van der Waals surface area contributed by atoms with E-state index < -0.39 is 0 Å². The highest BCUT2D eigenvalue weighted by atomic mass is 32.1. The van der Waals surface area contributed by atoms with Gasteiger partial charge in [0.25, 0.3) is 0 Å². The molecule has 0 aliphatic heterocycles. The number of aromatic nitrogens is 1. The van der Waals surface area contributed by atoms with Gasteiger partial charge in [0.2, 0.25) is 0 Å². The van der Waals surface area contributed by atoms with Crippen molar-refractivity contribution in [3.63, 3.8) is 0 Å². The second-order valence-corrected chi connectivity index (χ2v) is 15.6. The Labute approximate surface area is 319 Å². The Kier molecular flexibility index (Phi) is 7.22. The van der Waals surface area contributed by atoms with Gasteiger partial charge in [-0.2, -0.15) is 0 Å². The van der Waals surface area contributed by atoms with E-state index >= 15 is 0 Å². The first kappa shape index (κ1) is 31.0. The highest BCUT2D eigenvalue weighted by Crippen LogP contribution is 2.45. The summed E-state index contributed by atoms with van der Waals surface area (Å²) in [5.74, 6) is 0. The number of thiophene rings is 1. The van der Waals surface area contributed by atoms with Crippen LogP contribution in [0.4, 0.5) is 17.1 Å². The van der Waals surface area contributed by atoms with Gasteiger partial charge in [0, 0.05) is 59.1 Å². The summed E-state index contributed by atoms with van der Waals surface area (Å²) >= 11 is 3.59. The van der Waals surface area contributed by atoms with Gasteiger partial charge in [-0.05, 0) is 71.3 Å². The van der Waals surface area contributed by atoms with E-state index in [1.807, 2.05) is 23.5 Å². The Bertz CT molecular complexity index is 3140. The topological polar surface area (TPSA) is 29.3 Å². The minimum atomic E-state index is 0.908. The van der Waals surface area contributed by atoms with Crippen LogP contribution in [-0.4, -0.2) is 4.98 Å². The second kappa shape index (κ2) is 12.6. The van der Waals surface area contributed by atoms with E-state index in [4.69, 9.17) is 9.40 Å². The summed E-state index contributed by atoms with van der Waals surface area (Å²) in [6.07, 6.45) is 0. The third kappa shape index (κ3) is 5.12. The smallest absolute Gasteiger partial charge is 0.143 e. The van der Waals surface area contributed by atoms with Gasteiger partial charge in [-0.1, -0.05) is 127 Å². The molecule has 0 radical (unpaired) electrons. The number of furan rings is 1. The standard InChI is InChI=1S/C49H30N2OS2/c1-3-10-31(11-4-1)32-18-22-35(23-19-32)51(36-24-20-33(21-25-36)38-15-9-16-40-39-14-7-8-17-42(39)52-48(38)40)37-26-27-41-45(30-37)53-43-28-29-44-47(46(41)43)50-49(54-44)34-12-5-2-6-13-34/h1-30H. The molecule has 54 heavy (non-hydrogen) atoms. The number of thiazole rings is 1. The molecule has 0 saturated heterocycles. The van der Waals surface area contributed by atoms with E-state index in [2.05, 4.69) is 175 Å². The van der Waals surface area contributed by atoms with Crippen LogP contribution in [0.2, 0.25) is 0 Å². The van der Waals surface area contributed by atoms with Crippen molar-refractivity contribution < 1.29 is 4.42 Å². The van der Waals surface area contributed by atoms with Gasteiger partial charge in [-0.15, -0.1) is 22.7 Å². The fraction of sp³-hybridized carbons (Fsp3) is 0. The summed E-state index contributed by atoms with van der Waals surface area (Å²) in [5, 5.41) is 5.80. The molecule has 0 aliphatic carbocycles. The molecule has 11 rings (SSSR count). The van der Waals surface area contributed by atoms with E-state index in [1.165, 1.54) is 36.0 Å². The zero-order valence-corrected chi connectivity index (χ0v) is 30.6. The second-order valence-electron chi connectivity index (χ2n) is 13.5.